The molecule has 0 aromatic rings. The number of rotatable bonds is 6. The van der Waals surface area contributed by atoms with Gasteiger partial charge in [0.1, 0.15) is 0 Å². The predicted octanol–water partition coefficient (Wildman–Crippen LogP) is 0.944. The number of nitrogens with zero attached hydrogens (tertiary/aromatic N) is 3. The van der Waals surface area contributed by atoms with E-state index in [4.69, 9.17) is 0 Å². The van der Waals surface area contributed by atoms with Crippen molar-refractivity contribution in [2.75, 3.05) is 66.0 Å². The molecule has 3 heterocycles. The summed E-state index contributed by atoms with van der Waals surface area (Å²) in [6.45, 7) is 16.2. The Morgan fingerprint density at radius 1 is 1.29 bits per heavy atom. The molecule has 4 heteroatoms. The van der Waals surface area contributed by atoms with E-state index >= 15 is 0 Å². The van der Waals surface area contributed by atoms with Crippen molar-refractivity contribution >= 4 is 0 Å². The fourth-order valence-corrected chi connectivity index (χ4v) is 4.35. The van der Waals surface area contributed by atoms with Crippen molar-refractivity contribution in [1.29, 1.82) is 0 Å². The molecule has 0 aliphatic carbocycles. The third-order valence-corrected chi connectivity index (χ3v) is 5.93. The van der Waals surface area contributed by atoms with Gasteiger partial charge < -0.3 is 20.0 Å². The Labute approximate surface area is 130 Å². The largest absolute Gasteiger partial charge is 0.316 e. The molecule has 1 atom stereocenters. The molecule has 1 unspecified atom stereocenters. The van der Waals surface area contributed by atoms with Gasteiger partial charge in [0.25, 0.3) is 0 Å². The molecule has 0 saturated carbocycles. The molecular formula is C17H34N4. The lowest BCUT2D eigenvalue weighted by molar-refractivity contribution is 0.0460. The standard InChI is InChI=1S/C17H34N4/c1-15(2)21-11-16(12-21)10-19(3)8-9-20-7-5-17(14-20)4-6-18-13-17/h15-16,18H,4-14H2,1-3H3. The minimum atomic E-state index is 0.629. The summed E-state index contributed by atoms with van der Waals surface area (Å²) in [5, 5.41) is 3.55. The second-order valence-corrected chi connectivity index (χ2v) is 8.13. The Morgan fingerprint density at radius 3 is 2.76 bits per heavy atom. The van der Waals surface area contributed by atoms with Crippen LogP contribution in [0.2, 0.25) is 0 Å². The topological polar surface area (TPSA) is 21.8 Å². The molecule has 0 radical (unpaired) electrons. The van der Waals surface area contributed by atoms with Crippen molar-refractivity contribution in [3.63, 3.8) is 0 Å². The minimum Gasteiger partial charge on any atom is -0.316 e. The van der Waals surface area contributed by atoms with E-state index < -0.39 is 0 Å². The summed E-state index contributed by atoms with van der Waals surface area (Å²) in [4.78, 5) is 7.83. The zero-order valence-electron chi connectivity index (χ0n) is 14.3. The van der Waals surface area contributed by atoms with Gasteiger partial charge in [-0.2, -0.15) is 0 Å². The van der Waals surface area contributed by atoms with Crippen molar-refractivity contribution in [2.45, 2.75) is 32.7 Å². The van der Waals surface area contributed by atoms with Crippen LogP contribution in [0.5, 0.6) is 0 Å². The summed E-state index contributed by atoms with van der Waals surface area (Å²) in [7, 11) is 2.31. The van der Waals surface area contributed by atoms with Crippen LogP contribution in [0.3, 0.4) is 0 Å². The molecule has 0 bridgehead atoms. The molecule has 3 aliphatic rings. The number of hydrogen-bond donors (Lipinski definition) is 1. The molecule has 1 N–H and O–H groups in total. The number of nitrogens with one attached hydrogen (secondary N) is 1. The van der Waals surface area contributed by atoms with Gasteiger partial charge in [-0.25, -0.2) is 0 Å². The van der Waals surface area contributed by atoms with E-state index in [1.165, 1.54) is 71.7 Å². The van der Waals surface area contributed by atoms with Gasteiger partial charge in [-0.3, -0.25) is 0 Å². The normalized spacial score (nSPS) is 31.9. The minimum absolute atomic E-state index is 0.629. The average Bonchev–Trinajstić information content (AvgIpc) is 3.01. The van der Waals surface area contributed by atoms with Gasteiger partial charge in [0.05, 0.1) is 0 Å². The third kappa shape index (κ3) is 3.79. The summed E-state index contributed by atoms with van der Waals surface area (Å²) in [5.74, 6) is 0.904. The lowest BCUT2D eigenvalue weighted by atomic mass is 9.87. The molecular weight excluding hydrogens is 260 g/mol. The zero-order valence-corrected chi connectivity index (χ0v) is 14.3. The Balaban J connectivity index is 1.31. The Morgan fingerprint density at radius 2 is 2.10 bits per heavy atom. The van der Waals surface area contributed by atoms with Crippen LogP contribution in [0, 0.1) is 11.3 Å². The zero-order chi connectivity index (χ0) is 14.9. The van der Waals surface area contributed by atoms with Crippen LogP contribution in [0.1, 0.15) is 26.7 Å². The number of likely N-dealkylation sites (tertiary alicyclic amines) is 2. The molecule has 3 fully saturated rings. The van der Waals surface area contributed by atoms with E-state index in [0.29, 0.717) is 5.41 Å². The molecule has 3 rings (SSSR count). The van der Waals surface area contributed by atoms with Gasteiger partial charge in [0.2, 0.25) is 0 Å². The summed E-state index contributed by atoms with van der Waals surface area (Å²) in [6, 6.07) is 0.729. The van der Waals surface area contributed by atoms with E-state index in [9.17, 15) is 0 Å². The van der Waals surface area contributed by atoms with Crippen LogP contribution in [0.4, 0.5) is 0 Å². The molecule has 0 aromatic carbocycles. The smallest absolute Gasteiger partial charge is 0.0109 e. The van der Waals surface area contributed by atoms with Gasteiger partial charge in [0.15, 0.2) is 0 Å². The van der Waals surface area contributed by atoms with Crippen LogP contribution in [0.15, 0.2) is 0 Å². The predicted molar refractivity (Wildman–Crippen MR) is 88.7 cm³/mol. The lowest BCUT2D eigenvalue weighted by Gasteiger charge is -2.43. The monoisotopic (exact) mass is 294 g/mol. The highest BCUT2D eigenvalue weighted by atomic mass is 15.2. The Hall–Kier alpha value is -0.160. The van der Waals surface area contributed by atoms with E-state index in [-0.39, 0.29) is 0 Å². The third-order valence-electron chi connectivity index (χ3n) is 5.93. The maximum Gasteiger partial charge on any atom is 0.0109 e. The molecule has 4 nitrogen and oxygen atoms in total. The summed E-state index contributed by atoms with van der Waals surface area (Å²) < 4.78 is 0. The van der Waals surface area contributed by atoms with Crippen molar-refractivity contribution in [1.82, 2.24) is 20.0 Å². The van der Waals surface area contributed by atoms with Gasteiger partial charge in [-0.05, 0) is 58.2 Å². The summed E-state index contributed by atoms with van der Waals surface area (Å²) in [6.07, 6.45) is 2.81. The summed E-state index contributed by atoms with van der Waals surface area (Å²) >= 11 is 0. The average molecular weight is 294 g/mol. The second kappa shape index (κ2) is 6.53. The first-order chi connectivity index (χ1) is 10.1. The molecule has 1 spiro atoms. The van der Waals surface area contributed by atoms with Gasteiger partial charge >= 0.3 is 0 Å². The summed E-state index contributed by atoms with van der Waals surface area (Å²) in [5.41, 5.74) is 0.629. The SMILES string of the molecule is CC(C)N1CC(CN(C)CCN2CCC3(CCNC3)C2)C1. The first-order valence-electron chi connectivity index (χ1n) is 8.92. The van der Waals surface area contributed by atoms with Crippen molar-refractivity contribution in [3.8, 4) is 0 Å². The number of likely N-dealkylation sites (N-methyl/N-ethyl adjacent to an activating group) is 1. The van der Waals surface area contributed by atoms with Crippen LogP contribution in [0.25, 0.3) is 0 Å². The molecule has 3 aliphatic heterocycles. The molecule has 0 amide bonds. The first-order valence-corrected chi connectivity index (χ1v) is 8.92. The second-order valence-electron chi connectivity index (χ2n) is 8.13. The van der Waals surface area contributed by atoms with E-state index in [1.54, 1.807) is 0 Å². The fraction of sp³-hybridized carbons (Fsp3) is 1.00. The molecule has 122 valence electrons. The highest BCUT2D eigenvalue weighted by molar-refractivity contribution is 4.95. The van der Waals surface area contributed by atoms with Crippen LogP contribution >= 0.6 is 0 Å². The fourth-order valence-electron chi connectivity index (χ4n) is 4.35. The van der Waals surface area contributed by atoms with Crippen LogP contribution in [-0.2, 0) is 0 Å². The Bertz CT molecular complexity index is 332. The Kier molecular flexibility index (Phi) is 4.89. The van der Waals surface area contributed by atoms with E-state index in [2.05, 4.69) is 40.9 Å². The highest BCUT2D eigenvalue weighted by Gasteiger charge is 2.40. The van der Waals surface area contributed by atoms with Crippen LogP contribution < -0.4 is 5.32 Å². The first kappa shape index (κ1) is 15.7. The molecule has 3 saturated heterocycles. The van der Waals surface area contributed by atoms with Gasteiger partial charge in [-0.15, -0.1) is 0 Å². The molecule has 21 heavy (non-hydrogen) atoms. The molecule has 0 aromatic heterocycles. The highest BCUT2D eigenvalue weighted by Crippen LogP contribution is 2.35. The van der Waals surface area contributed by atoms with Gasteiger partial charge in [-0.1, -0.05) is 0 Å². The maximum absolute atomic E-state index is 3.55. The van der Waals surface area contributed by atoms with E-state index in [1.807, 2.05) is 0 Å². The van der Waals surface area contributed by atoms with Gasteiger partial charge in [0, 0.05) is 51.9 Å². The van der Waals surface area contributed by atoms with Crippen molar-refractivity contribution in [2.24, 2.45) is 11.3 Å². The van der Waals surface area contributed by atoms with Crippen LogP contribution in [-0.4, -0.2) is 86.7 Å². The van der Waals surface area contributed by atoms with Crippen molar-refractivity contribution in [3.05, 3.63) is 0 Å². The number of hydrogen-bond acceptors (Lipinski definition) is 4. The van der Waals surface area contributed by atoms with E-state index in [0.717, 1.165) is 12.0 Å². The lowest BCUT2D eigenvalue weighted by Crippen LogP contribution is -2.53. The van der Waals surface area contributed by atoms with Crippen molar-refractivity contribution < 1.29 is 0 Å². The maximum atomic E-state index is 3.55. The quantitative estimate of drug-likeness (QED) is 0.787.